The van der Waals surface area contributed by atoms with Gasteiger partial charge < -0.3 is 20.3 Å². The van der Waals surface area contributed by atoms with Gasteiger partial charge in [-0.15, -0.1) is 0 Å². The molecule has 0 saturated heterocycles. The number of aliphatic hydroxyl groups excluding tert-OH is 1. The van der Waals surface area contributed by atoms with Crippen molar-refractivity contribution in [3.63, 3.8) is 0 Å². The summed E-state index contributed by atoms with van der Waals surface area (Å²) in [6.07, 6.45) is -0.193. The number of aliphatic hydroxyl groups is 1. The number of aliphatic carboxylic acids is 1. The van der Waals surface area contributed by atoms with Gasteiger partial charge in [0.15, 0.2) is 0 Å². The minimum Gasteiger partial charge on any atom is -0.481 e. The molecule has 0 spiro atoms. The lowest BCUT2D eigenvalue weighted by molar-refractivity contribution is -0.145. The Hall–Kier alpha value is -2.08. The van der Waals surface area contributed by atoms with Gasteiger partial charge in [0.25, 0.3) is 0 Å². The summed E-state index contributed by atoms with van der Waals surface area (Å²) >= 11 is 0. The van der Waals surface area contributed by atoms with Gasteiger partial charge in [-0.05, 0) is 24.8 Å². The van der Waals surface area contributed by atoms with Gasteiger partial charge in [-0.2, -0.15) is 0 Å². The van der Waals surface area contributed by atoms with Crippen molar-refractivity contribution in [1.29, 1.82) is 0 Å². The average molecular weight is 293 g/mol. The lowest BCUT2D eigenvalue weighted by Crippen LogP contribution is -2.47. The summed E-state index contributed by atoms with van der Waals surface area (Å²) in [5, 5.41) is 21.3. The van der Waals surface area contributed by atoms with Gasteiger partial charge in [-0.3, -0.25) is 4.79 Å². The number of carbonyl (C=O) groups is 2. The maximum Gasteiger partial charge on any atom is 0.407 e. The second-order valence-corrected chi connectivity index (χ2v) is 5.22. The third kappa shape index (κ3) is 4.46. The Balaban J connectivity index is 1.85. The zero-order valence-corrected chi connectivity index (χ0v) is 11.6. The molecule has 0 aliphatic heterocycles. The molecule has 3 atom stereocenters. The van der Waals surface area contributed by atoms with Crippen molar-refractivity contribution in [2.45, 2.75) is 38.0 Å². The van der Waals surface area contributed by atoms with Crippen LogP contribution in [0.3, 0.4) is 0 Å². The molecule has 1 saturated carbocycles. The third-order valence-corrected chi connectivity index (χ3v) is 3.66. The fraction of sp³-hybridized carbons (Fsp3) is 0.467. The summed E-state index contributed by atoms with van der Waals surface area (Å²) < 4.78 is 5.08. The summed E-state index contributed by atoms with van der Waals surface area (Å²) in [5.74, 6) is -1.79. The molecular weight excluding hydrogens is 274 g/mol. The largest absolute Gasteiger partial charge is 0.481 e. The Morgan fingerprint density at radius 1 is 1.24 bits per heavy atom. The first kappa shape index (κ1) is 15.3. The highest BCUT2D eigenvalue weighted by Crippen LogP contribution is 2.25. The molecule has 2 rings (SSSR count). The maximum absolute atomic E-state index is 11.7. The van der Waals surface area contributed by atoms with Crippen molar-refractivity contribution in [1.82, 2.24) is 5.32 Å². The van der Waals surface area contributed by atoms with Gasteiger partial charge in [-0.25, -0.2) is 4.79 Å². The standard InChI is InChI=1S/C15H19NO5/c17-11-6-7-13(12(8-11)14(18)19)16-15(20)21-9-10-4-2-1-3-5-10/h1-5,11-13,17H,6-9H2,(H,16,20)(H,18,19)/t11-,12-,13-/m1/s1. The quantitative estimate of drug-likeness (QED) is 0.782. The summed E-state index contributed by atoms with van der Waals surface area (Å²) in [6.45, 7) is 0.139. The highest BCUT2D eigenvalue weighted by atomic mass is 16.5. The summed E-state index contributed by atoms with van der Waals surface area (Å²) in [7, 11) is 0. The van der Waals surface area contributed by atoms with Crippen molar-refractivity contribution in [2.24, 2.45) is 5.92 Å². The molecule has 0 aromatic heterocycles. The number of amides is 1. The van der Waals surface area contributed by atoms with Crippen LogP contribution >= 0.6 is 0 Å². The Kier molecular flexibility index (Phi) is 5.16. The molecule has 0 bridgehead atoms. The molecule has 1 fully saturated rings. The molecule has 0 radical (unpaired) electrons. The van der Waals surface area contributed by atoms with Crippen molar-refractivity contribution in [2.75, 3.05) is 0 Å². The summed E-state index contributed by atoms with van der Waals surface area (Å²) in [6, 6.07) is 8.73. The zero-order chi connectivity index (χ0) is 15.2. The van der Waals surface area contributed by atoms with E-state index < -0.39 is 30.1 Å². The van der Waals surface area contributed by atoms with Gasteiger partial charge in [-0.1, -0.05) is 30.3 Å². The van der Waals surface area contributed by atoms with E-state index in [-0.39, 0.29) is 13.0 Å². The number of carboxylic acid groups (broad SMARTS) is 1. The number of rotatable bonds is 4. The lowest BCUT2D eigenvalue weighted by atomic mass is 9.83. The molecule has 1 aromatic rings. The number of nitrogens with one attached hydrogen (secondary N) is 1. The predicted octanol–water partition coefficient (Wildman–Crippen LogP) is 1.53. The van der Waals surface area contributed by atoms with E-state index in [1.54, 1.807) is 0 Å². The first-order valence-electron chi connectivity index (χ1n) is 6.94. The Bertz CT molecular complexity index is 490. The topological polar surface area (TPSA) is 95.9 Å². The number of alkyl carbamates (subject to hydrolysis) is 1. The van der Waals surface area contributed by atoms with E-state index in [0.29, 0.717) is 12.8 Å². The smallest absolute Gasteiger partial charge is 0.407 e. The zero-order valence-electron chi connectivity index (χ0n) is 11.6. The van der Waals surface area contributed by atoms with Gasteiger partial charge in [0, 0.05) is 6.04 Å². The maximum atomic E-state index is 11.7. The van der Waals surface area contributed by atoms with Crippen LogP contribution in [0.1, 0.15) is 24.8 Å². The monoisotopic (exact) mass is 293 g/mol. The third-order valence-electron chi connectivity index (χ3n) is 3.66. The summed E-state index contributed by atoms with van der Waals surface area (Å²) in [5.41, 5.74) is 0.863. The Labute approximate surface area is 122 Å². The van der Waals surface area contributed by atoms with Crippen LogP contribution in [0.5, 0.6) is 0 Å². The van der Waals surface area contributed by atoms with E-state index in [0.717, 1.165) is 5.56 Å². The van der Waals surface area contributed by atoms with E-state index in [9.17, 15) is 14.7 Å². The van der Waals surface area contributed by atoms with E-state index in [1.165, 1.54) is 0 Å². The first-order chi connectivity index (χ1) is 10.1. The first-order valence-corrected chi connectivity index (χ1v) is 6.94. The van der Waals surface area contributed by atoms with Crippen molar-refractivity contribution in [3.8, 4) is 0 Å². The highest BCUT2D eigenvalue weighted by molar-refractivity contribution is 5.73. The Morgan fingerprint density at radius 3 is 2.62 bits per heavy atom. The second-order valence-electron chi connectivity index (χ2n) is 5.22. The Morgan fingerprint density at radius 2 is 1.95 bits per heavy atom. The van der Waals surface area contributed by atoms with Gasteiger partial charge in [0.05, 0.1) is 12.0 Å². The van der Waals surface area contributed by atoms with Crippen molar-refractivity contribution >= 4 is 12.1 Å². The molecule has 1 aliphatic rings. The normalized spacial score (nSPS) is 25.1. The number of hydrogen-bond donors (Lipinski definition) is 3. The molecule has 6 nitrogen and oxygen atoms in total. The minimum absolute atomic E-state index is 0.139. The number of hydrogen-bond acceptors (Lipinski definition) is 4. The van der Waals surface area contributed by atoms with Crippen LogP contribution in [0.2, 0.25) is 0 Å². The van der Waals surface area contributed by atoms with Crippen LogP contribution < -0.4 is 5.32 Å². The molecule has 114 valence electrons. The van der Waals surface area contributed by atoms with E-state index in [1.807, 2.05) is 30.3 Å². The fourth-order valence-corrected chi connectivity index (χ4v) is 2.51. The van der Waals surface area contributed by atoms with Gasteiger partial charge in [0.1, 0.15) is 6.61 Å². The van der Waals surface area contributed by atoms with Crippen LogP contribution in [0.25, 0.3) is 0 Å². The molecule has 1 aromatic carbocycles. The molecule has 0 heterocycles. The van der Waals surface area contributed by atoms with E-state index >= 15 is 0 Å². The average Bonchev–Trinajstić information content (AvgIpc) is 2.48. The SMILES string of the molecule is O=C(N[C@@H]1CC[C@@H](O)C[C@H]1C(=O)O)OCc1ccccc1. The molecule has 0 unspecified atom stereocenters. The van der Waals surface area contributed by atoms with Crippen LogP contribution in [-0.2, 0) is 16.1 Å². The number of carbonyl (C=O) groups excluding carboxylic acids is 1. The van der Waals surface area contributed by atoms with Crippen LogP contribution in [0.15, 0.2) is 30.3 Å². The van der Waals surface area contributed by atoms with Crippen LogP contribution in [0.4, 0.5) is 4.79 Å². The lowest BCUT2D eigenvalue weighted by Gasteiger charge is -2.31. The highest BCUT2D eigenvalue weighted by Gasteiger charge is 2.35. The second kappa shape index (κ2) is 7.08. The van der Waals surface area contributed by atoms with Gasteiger partial charge in [0.2, 0.25) is 0 Å². The van der Waals surface area contributed by atoms with Gasteiger partial charge >= 0.3 is 12.1 Å². The predicted molar refractivity (Wildman–Crippen MR) is 74.5 cm³/mol. The number of ether oxygens (including phenoxy) is 1. The van der Waals surface area contributed by atoms with Crippen molar-refractivity contribution in [3.05, 3.63) is 35.9 Å². The minimum atomic E-state index is -1.01. The van der Waals surface area contributed by atoms with Crippen molar-refractivity contribution < 1.29 is 24.5 Å². The van der Waals surface area contributed by atoms with Crippen LogP contribution in [0, 0.1) is 5.92 Å². The number of benzene rings is 1. The summed E-state index contributed by atoms with van der Waals surface area (Å²) in [4.78, 5) is 22.9. The fourth-order valence-electron chi connectivity index (χ4n) is 2.51. The molecular formula is C15H19NO5. The molecule has 6 heteroatoms. The van der Waals surface area contributed by atoms with Crippen LogP contribution in [-0.4, -0.2) is 34.4 Å². The molecule has 21 heavy (non-hydrogen) atoms. The molecule has 1 aliphatic carbocycles. The molecule has 3 N–H and O–H groups in total. The van der Waals surface area contributed by atoms with E-state index in [2.05, 4.69) is 5.32 Å². The number of carboxylic acids is 1. The van der Waals surface area contributed by atoms with E-state index in [4.69, 9.17) is 9.84 Å². The molecule has 1 amide bonds.